The minimum absolute atomic E-state index is 0.0632. The van der Waals surface area contributed by atoms with E-state index in [1.54, 1.807) is 25.1 Å². The van der Waals surface area contributed by atoms with Crippen LogP contribution in [0.3, 0.4) is 0 Å². The summed E-state index contributed by atoms with van der Waals surface area (Å²) in [5.41, 5.74) is 0.637. The summed E-state index contributed by atoms with van der Waals surface area (Å²) in [6.45, 7) is 5.83. The Morgan fingerprint density at radius 2 is 1.73 bits per heavy atom. The molecule has 1 aromatic carbocycles. The van der Waals surface area contributed by atoms with E-state index in [0.717, 1.165) is 13.1 Å². The summed E-state index contributed by atoms with van der Waals surface area (Å²) in [5, 5.41) is 0. The predicted molar refractivity (Wildman–Crippen MR) is 80.5 cm³/mol. The average Bonchev–Trinajstić information content (AvgIpc) is 2.55. The van der Waals surface area contributed by atoms with Crippen molar-refractivity contribution in [3.8, 4) is 11.5 Å². The Balaban J connectivity index is 1.59. The van der Waals surface area contributed by atoms with Gasteiger partial charge in [0, 0.05) is 38.7 Å². The van der Waals surface area contributed by atoms with E-state index in [1.165, 1.54) is 0 Å². The minimum atomic E-state index is 0.0632. The molecular formula is C16H20N2O4. The molecule has 1 saturated heterocycles. The second kappa shape index (κ2) is 6.36. The predicted octanol–water partition coefficient (Wildman–Crippen LogP) is 0.805. The summed E-state index contributed by atoms with van der Waals surface area (Å²) in [7, 11) is 0. The van der Waals surface area contributed by atoms with Crippen LogP contribution in [-0.2, 0) is 4.79 Å². The summed E-state index contributed by atoms with van der Waals surface area (Å²) in [6, 6.07) is 5.32. The number of carbonyl (C=O) groups excluding carboxylic acids is 2. The average molecular weight is 304 g/mol. The monoisotopic (exact) mass is 304 g/mol. The highest BCUT2D eigenvalue weighted by Crippen LogP contribution is 2.30. The Bertz CT molecular complexity index is 580. The van der Waals surface area contributed by atoms with Crippen molar-refractivity contribution in [3.05, 3.63) is 23.8 Å². The third-order valence-corrected chi connectivity index (χ3v) is 4.05. The van der Waals surface area contributed by atoms with Gasteiger partial charge in [-0.05, 0) is 18.2 Å². The van der Waals surface area contributed by atoms with Crippen LogP contribution >= 0.6 is 0 Å². The SMILES string of the molecule is CC(=O)N1CCN(CC(=O)c2ccc3c(c2)OCCO3)CC1. The van der Waals surface area contributed by atoms with Gasteiger partial charge >= 0.3 is 0 Å². The zero-order valence-electron chi connectivity index (χ0n) is 12.7. The molecule has 0 atom stereocenters. The van der Waals surface area contributed by atoms with Gasteiger partial charge in [-0.2, -0.15) is 0 Å². The number of amides is 1. The second-order valence-electron chi connectivity index (χ2n) is 5.56. The molecule has 2 aliphatic heterocycles. The second-order valence-corrected chi connectivity index (χ2v) is 5.56. The maximum Gasteiger partial charge on any atom is 0.219 e. The molecule has 0 aromatic heterocycles. The molecule has 2 heterocycles. The first-order chi connectivity index (χ1) is 10.6. The molecule has 3 rings (SSSR count). The normalized spacial score (nSPS) is 18.1. The Morgan fingerprint density at radius 3 is 2.41 bits per heavy atom. The van der Waals surface area contributed by atoms with Crippen molar-refractivity contribution in [2.45, 2.75) is 6.92 Å². The molecule has 6 nitrogen and oxygen atoms in total. The van der Waals surface area contributed by atoms with Gasteiger partial charge in [-0.1, -0.05) is 0 Å². The minimum Gasteiger partial charge on any atom is -0.486 e. The van der Waals surface area contributed by atoms with Gasteiger partial charge in [0.2, 0.25) is 5.91 Å². The van der Waals surface area contributed by atoms with E-state index in [0.29, 0.717) is 49.9 Å². The maximum absolute atomic E-state index is 12.4. The Morgan fingerprint density at radius 1 is 1.05 bits per heavy atom. The Kier molecular flexibility index (Phi) is 4.29. The number of ketones is 1. The van der Waals surface area contributed by atoms with Crippen LogP contribution in [0.4, 0.5) is 0 Å². The number of piperazine rings is 1. The van der Waals surface area contributed by atoms with Gasteiger partial charge in [-0.15, -0.1) is 0 Å². The third kappa shape index (κ3) is 3.22. The van der Waals surface area contributed by atoms with E-state index in [2.05, 4.69) is 4.90 Å². The maximum atomic E-state index is 12.4. The smallest absolute Gasteiger partial charge is 0.219 e. The third-order valence-electron chi connectivity index (χ3n) is 4.05. The van der Waals surface area contributed by atoms with Crippen LogP contribution in [0.1, 0.15) is 17.3 Å². The lowest BCUT2D eigenvalue weighted by Gasteiger charge is -2.33. The van der Waals surface area contributed by atoms with Gasteiger partial charge in [0.1, 0.15) is 13.2 Å². The molecule has 0 N–H and O–H groups in total. The molecule has 0 radical (unpaired) electrons. The molecular weight excluding hydrogens is 284 g/mol. The number of fused-ring (bicyclic) bond motifs is 1. The molecule has 0 bridgehead atoms. The molecule has 0 saturated carbocycles. The van der Waals surface area contributed by atoms with Crippen molar-refractivity contribution in [2.24, 2.45) is 0 Å². The highest BCUT2D eigenvalue weighted by atomic mass is 16.6. The van der Waals surface area contributed by atoms with E-state index in [1.807, 2.05) is 4.90 Å². The van der Waals surface area contributed by atoms with Gasteiger partial charge in [-0.3, -0.25) is 14.5 Å². The molecule has 22 heavy (non-hydrogen) atoms. The quantitative estimate of drug-likeness (QED) is 0.773. The molecule has 1 fully saturated rings. The van der Waals surface area contributed by atoms with Crippen molar-refractivity contribution < 1.29 is 19.1 Å². The largest absolute Gasteiger partial charge is 0.486 e. The van der Waals surface area contributed by atoms with Crippen LogP contribution in [0.25, 0.3) is 0 Å². The first kappa shape index (κ1) is 14.8. The lowest BCUT2D eigenvalue weighted by atomic mass is 10.1. The lowest BCUT2D eigenvalue weighted by Crippen LogP contribution is -2.49. The van der Waals surface area contributed by atoms with Crippen LogP contribution in [0.2, 0.25) is 0 Å². The molecule has 118 valence electrons. The summed E-state index contributed by atoms with van der Waals surface area (Å²) in [5.74, 6) is 1.49. The topological polar surface area (TPSA) is 59.1 Å². The van der Waals surface area contributed by atoms with E-state index in [4.69, 9.17) is 9.47 Å². The molecule has 0 spiro atoms. The fourth-order valence-electron chi connectivity index (χ4n) is 2.73. The van der Waals surface area contributed by atoms with Crippen molar-refractivity contribution in [1.82, 2.24) is 9.80 Å². The zero-order chi connectivity index (χ0) is 15.5. The molecule has 0 aliphatic carbocycles. The van der Waals surface area contributed by atoms with E-state index >= 15 is 0 Å². The summed E-state index contributed by atoms with van der Waals surface area (Å²) in [4.78, 5) is 27.6. The van der Waals surface area contributed by atoms with Gasteiger partial charge in [0.05, 0.1) is 6.54 Å². The first-order valence-electron chi connectivity index (χ1n) is 7.54. The van der Waals surface area contributed by atoms with E-state index < -0.39 is 0 Å². The van der Waals surface area contributed by atoms with E-state index in [-0.39, 0.29) is 11.7 Å². The van der Waals surface area contributed by atoms with Crippen LogP contribution in [0.15, 0.2) is 18.2 Å². The van der Waals surface area contributed by atoms with Crippen molar-refractivity contribution in [1.29, 1.82) is 0 Å². The Labute approximate surface area is 129 Å². The molecule has 2 aliphatic rings. The van der Waals surface area contributed by atoms with Gasteiger partial charge in [-0.25, -0.2) is 0 Å². The fourth-order valence-corrected chi connectivity index (χ4v) is 2.73. The summed E-state index contributed by atoms with van der Waals surface area (Å²) >= 11 is 0. The van der Waals surface area contributed by atoms with Crippen LogP contribution < -0.4 is 9.47 Å². The molecule has 1 aromatic rings. The van der Waals surface area contributed by atoms with Crippen molar-refractivity contribution >= 4 is 11.7 Å². The zero-order valence-corrected chi connectivity index (χ0v) is 12.7. The number of rotatable bonds is 3. The summed E-state index contributed by atoms with van der Waals surface area (Å²) < 4.78 is 11.0. The molecule has 1 amide bonds. The number of carbonyl (C=O) groups is 2. The van der Waals surface area contributed by atoms with Crippen LogP contribution in [-0.4, -0.2) is 67.4 Å². The van der Waals surface area contributed by atoms with Crippen molar-refractivity contribution in [3.63, 3.8) is 0 Å². The number of hydrogen-bond donors (Lipinski definition) is 0. The van der Waals surface area contributed by atoms with Crippen molar-refractivity contribution in [2.75, 3.05) is 45.9 Å². The number of nitrogens with zero attached hydrogens (tertiary/aromatic N) is 2. The van der Waals surface area contributed by atoms with Gasteiger partial charge < -0.3 is 14.4 Å². The summed E-state index contributed by atoms with van der Waals surface area (Å²) in [6.07, 6.45) is 0. The fraction of sp³-hybridized carbons (Fsp3) is 0.500. The standard InChI is InChI=1S/C16H20N2O4/c1-12(19)18-6-4-17(5-7-18)11-14(20)13-2-3-15-16(10-13)22-9-8-21-15/h2-3,10H,4-9,11H2,1H3. The Hall–Kier alpha value is -2.08. The number of hydrogen-bond acceptors (Lipinski definition) is 5. The number of benzene rings is 1. The highest BCUT2D eigenvalue weighted by Gasteiger charge is 2.21. The lowest BCUT2D eigenvalue weighted by molar-refractivity contribution is -0.130. The number of ether oxygens (including phenoxy) is 2. The molecule has 0 unspecified atom stereocenters. The van der Waals surface area contributed by atoms with E-state index in [9.17, 15) is 9.59 Å². The van der Waals surface area contributed by atoms with Gasteiger partial charge in [0.25, 0.3) is 0 Å². The number of Topliss-reactive ketones (excluding diaryl/α,β-unsaturated/α-hetero) is 1. The van der Waals surface area contributed by atoms with Crippen LogP contribution in [0.5, 0.6) is 11.5 Å². The highest BCUT2D eigenvalue weighted by molar-refractivity contribution is 5.98. The van der Waals surface area contributed by atoms with Gasteiger partial charge in [0.15, 0.2) is 17.3 Å². The molecule has 6 heteroatoms. The first-order valence-corrected chi connectivity index (χ1v) is 7.54. The van der Waals surface area contributed by atoms with Crippen LogP contribution in [0, 0.1) is 0 Å².